The Hall–Kier alpha value is -2.14. The lowest BCUT2D eigenvalue weighted by Crippen LogP contribution is -2.25. The van der Waals surface area contributed by atoms with Crippen LogP contribution in [0.5, 0.6) is 0 Å². The molecule has 0 bridgehead atoms. The average molecular weight is 273 g/mol. The molecule has 1 heterocycles. The smallest absolute Gasteiger partial charge is 0.254 e. The van der Waals surface area contributed by atoms with Crippen LogP contribution in [0.4, 0.5) is 0 Å². The molecule has 106 valence electrons. The van der Waals surface area contributed by atoms with Crippen molar-refractivity contribution < 1.29 is 9.53 Å². The molecule has 1 aromatic heterocycles. The SMILES string of the molecule is Cc1[nH]ncc1C(=O)NCCCOCc1ccccc1. The molecule has 0 atom stereocenters. The van der Waals surface area contributed by atoms with E-state index in [-0.39, 0.29) is 5.91 Å². The third kappa shape index (κ3) is 4.20. The Morgan fingerprint density at radius 3 is 2.85 bits per heavy atom. The van der Waals surface area contributed by atoms with Crippen LogP contribution in [0.15, 0.2) is 36.5 Å². The summed E-state index contributed by atoms with van der Waals surface area (Å²) in [5.74, 6) is -0.0979. The molecule has 0 saturated heterocycles. The molecule has 0 saturated carbocycles. The number of nitrogens with one attached hydrogen (secondary N) is 2. The van der Waals surface area contributed by atoms with Crippen LogP contribution in [0.1, 0.15) is 28.0 Å². The van der Waals surface area contributed by atoms with E-state index in [9.17, 15) is 4.79 Å². The minimum atomic E-state index is -0.0979. The van der Waals surface area contributed by atoms with E-state index < -0.39 is 0 Å². The number of ether oxygens (including phenoxy) is 1. The van der Waals surface area contributed by atoms with Crippen molar-refractivity contribution in [1.29, 1.82) is 0 Å². The van der Waals surface area contributed by atoms with Gasteiger partial charge in [-0.1, -0.05) is 30.3 Å². The number of rotatable bonds is 7. The number of aromatic nitrogens is 2. The maximum atomic E-state index is 11.8. The number of amides is 1. The highest BCUT2D eigenvalue weighted by Gasteiger charge is 2.09. The normalized spacial score (nSPS) is 10.4. The number of aryl methyl sites for hydroxylation is 1. The molecule has 5 nitrogen and oxygen atoms in total. The summed E-state index contributed by atoms with van der Waals surface area (Å²) in [6.45, 7) is 3.65. The number of hydrogen-bond acceptors (Lipinski definition) is 3. The van der Waals surface area contributed by atoms with Crippen molar-refractivity contribution in [2.24, 2.45) is 0 Å². The van der Waals surface area contributed by atoms with Crippen LogP contribution >= 0.6 is 0 Å². The average Bonchev–Trinajstić information content (AvgIpc) is 2.90. The second kappa shape index (κ2) is 7.45. The van der Waals surface area contributed by atoms with Crippen LogP contribution in [-0.2, 0) is 11.3 Å². The lowest BCUT2D eigenvalue weighted by atomic mass is 10.2. The van der Waals surface area contributed by atoms with Crippen molar-refractivity contribution in [3.63, 3.8) is 0 Å². The van der Waals surface area contributed by atoms with Gasteiger partial charge in [-0.15, -0.1) is 0 Å². The predicted molar refractivity (Wildman–Crippen MR) is 76.4 cm³/mol. The lowest BCUT2D eigenvalue weighted by molar-refractivity contribution is 0.0934. The van der Waals surface area contributed by atoms with E-state index in [0.717, 1.165) is 17.7 Å². The quantitative estimate of drug-likeness (QED) is 0.759. The van der Waals surface area contributed by atoms with Gasteiger partial charge in [0, 0.05) is 18.8 Å². The standard InChI is InChI=1S/C15H19N3O2/c1-12-14(10-17-18-12)15(19)16-8-5-9-20-11-13-6-3-2-4-7-13/h2-4,6-7,10H,5,8-9,11H2,1H3,(H,16,19)(H,17,18). The van der Waals surface area contributed by atoms with Gasteiger partial charge < -0.3 is 10.1 Å². The fourth-order valence-corrected chi connectivity index (χ4v) is 1.82. The highest BCUT2D eigenvalue weighted by molar-refractivity contribution is 5.94. The number of H-pyrrole nitrogens is 1. The summed E-state index contributed by atoms with van der Waals surface area (Å²) in [5.41, 5.74) is 2.53. The fraction of sp³-hybridized carbons (Fsp3) is 0.333. The summed E-state index contributed by atoms with van der Waals surface area (Å²) in [6.07, 6.45) is 2.33. The molecular weight excluding hydrogens is 254 g/mol. The van der Waals surface area contributed by atoms with E-state index in [4.69, 9.17) is 4.74 Å². The topological polar surface area (TPSA) is 67.0 Å². The van der Waals surface area contributed by atoms with Gasteiger partial charge in [-0.2, -0.15) is 5.10 Å². The molecule has 0 unspecified atom stereocenters. The zero-order valence-corrected chi connectivity index (χ0v) is 11.6. The molecule has 0 radical (unpaired) electrons. The van der Waals surface area contributed by atoms with Crippen LogP contribution in [-0.4, -0.2) is 29.3 Å². The first-order valence-corrected chi connectivity index (χ1v) is 6.67. The van der Waals surface area contributed by atoms with Gasteiger partial charge in [0.25, 0.3) is 5.91 Å². The lowest BCUT2D eigenvalue weighted by Gasteiger charge is -2.06. The molecule has 0 fully saturated rings. The van der Waals surface area contributed by atoms with E-state index >= 15 is 0 Å². The van der Waals surface area contributed by atoms with E-state index in [1.165, 1.54) is 6.20 Å². The second-order valence-electron chi connectivity index (χ2n) is 4.56. The predicted octanol–water partition coefficient (Wildman–Crippen LogP) is 2.05. The molecule has 0 aliphatic carbocycles. The second-order valence-corrected chi connectivity index (χ2v) is 4.56. The Balaban J connectivity index is 1.58. The van der Waals surface area contributed by atoms with Gasteiger partial charge in [-0.05, 0) is 18.9 Å². The molecule has 0 spiro atoms. The van der Waals surface area contributed by atoms with Gasteiger partial charge in [0.15, 0.2) is 0 Å². The highest BCUT2D eigenvalue weighted by Crippen LogP contribution is 2.02. The maximum absolute atomic E-state index is 11.8. The molecule has 1 amide bonds. The van der Waals surface area contributed by atoms with Gasteiger partial charge in [0.1, 0.15) is 0 Å². The van der Waals surface area contributed by atoms with Crippen LogP contribution in [0.25, 0.3) is 0 Å². The summed E-state index contributed by atoms with van der Waals surface area (Å²) in [6, 6.07) is 10.0. The minimum Gasteiger partial charge on any atom is -0.377 e. The first kappa shape index (κ1) is 14.3. The Morgan fingerprint density at radius 2 is 2.15 bits per heavy atom. The fourth-order valence-electron chi connectivity index (χ4n) is 1.82. The van der Waals surface area contributed by atoms with E-state index in [2.05, 4.69) is 15.5 Å². The Bertz CT molecular complexity index is 537. The summed E-state index contributed by atoms with van der Waals surface area (Å²) in [4.78, 5) is 11.8. The number of hydrogen-bond donors (Lipinski definition) is 2. The molecule has 5 heteroatoms. The summed E-state index contributed by atoms with van der Waals surface area (Å²) in [5, 5.41) is 9.41. The van der Waals surface area contributed by atoms with Crippen molar-refractivity contribution >= 4 is 5.91 Å². The molecule has 1 aromatic carbocycles. The first-order valence-electron chi connectivity index (χ1n) is 6.67. The zero-order chi connectivity index (χ0) is 14.2. The maximum Gasteiger partial charge on any atom is 0.254 e. The van der Waals surface area contributed by atoms with Crippen molar-refractivity contribution in [1.82, 2.24) is 15.5 Å². The van der Waals surface area contributed by atoms with Crippen molar-refractivity contribution in [3.8, 4) is 0 Å². The number of carbonyl (C=O) groups is 1. The largest absolute Gasteiger partial charge is 0.377 e. The van der Waals surface area contributed by atoms with Crippen LogP contribution in [0, 0.1) is 6.92 Å². The van der Waals surface area contributed by atoms with Crippen LogP contribution < -0.4 is 5.32 Å². The number of aromatic amines is 1. The third-order valence-electron chi connectivity index (χ3n) is 2.94. The van der Waals surface area contributed by atoms with Gasteiger partial charge >= 0.3 is 0 Å². The third-order valence-corrected chi connectivity index (χ3v) is 2.94. The van der Waals surface area contributed by atoms with Crippen molar-refractivity contribution in [2.75, 3.05) is 13.2 Å². The Labute approximate surface area is 118 Å². The van der Waals surface area contributed by atoms with Crippen molar-refractivity contribution in [3.05, 3.63) is 53.3 Å². The Morgan fingerprint density at radius 1 is 1.35 bits per heavy atom. The molecule has 2 aromatic rings. The van der Waals surface area contributed by atoms with Crippen LogP contribution in [0.3, 0.4) is 0 Å². The summed E-state index contributed by atoms with van der Waals surface area (Å²) < 4.78 is 5.55. The Kier molecular flexibility index (Phi) is 5.32. The molecule has 20 heavy (non-hydrogen) atoms. The molecule has 0 aliphatic heterocycles. The van der Waals surface area contributed by atoms with Gasteiger partial charge in [-0.3, -0.25) is 9.89 Å². The summed E-state index contributed by atoms with van der Waals surface area (Å²) >= 11 is 0. The number of carbonyl (C=O) groups excluding carboxylic acids is 1. The van der Waals surface area contributed by atoms with E-state index in [0.29, 0.717) is 25.3 Å². The number of nitrogens with zero attached hydrogens (tertiary/aromatic N) is 1. The van der Waals surface area contributed by atoms with Gasteiger partial charge in [0.2, 0.25) is 0 Å². The monoisotopic (exact) mass is 273 g/mol. The number of benzene rings is 1. The van der Waals surface area contributed by atoms with Gasteiger partial charge in [-0.25, -0.2) is 0 Å². The van der Waals surface area contributed by atoms with E-state index in [1.54, 1.807) is 0 Å². The molecule has 0 aliphatic rings. The summed E-state index contributed by atoms with van der Waals surface area (Å²) in [7, 11) is 0. The molecule has 2 N–H and O–H groups in total. The minimum absolute atomic E-state index is 0.0979. The zero-order valence-electron chi connectivity index (χ0n) is 11.6. The van der Waals surface area contributed by atoms with Gasteiger partial charge in [0.05, 0.1) is 18.4 Å². The highest BCUT2D eigenvalue weighted by atomic mass is 16.5. The molecule has 2 rings (SSSR count). The molecular formula is C15H19N3O2. The van der Waals surface area contributed by atoms with E-state index in [1.807, 2.05) is 37.3 Å². The van der Waals surface area contributed by atoms with Crippen LogP contribution in [0.2, 0.25) is 0 Å². The first-order chi connectivity index (χ1) is 9.77. The van der Waals surface area contributed by atoms with Crippen molar-refractivity contribution in [2.45, 2.75) is 20.0 Å².